The molecule has 0 N–H and O–H groups in total. The molecule has 10 heteroatoms. The Morgan fingerprint density at radius 1 is 1.07 bits per heavy atom. The Bertz CT molecular complexity index is 1340. The van der Waals surface area contributed by atoms with Crippen LogP contribution in [0.2, 0.25) is 0 Å². The normalized spacial score (nSPS) is 26.0. The molecule has 5 atom stereocenters. The van der Waals surface area contributed by atoms with Crippen LogP contribution < -0.4 is 9.47 Å². The first kappa shape index (κ1) is 34.6. The van der Waals surface area contributed by atoms with Gasteiger partial charge in [0.2, 0.25) is 0 Å². The molecule has 9 nitrogen and oxygen atoms in total. The second kappa shape index (κ2) is 16.3. The molecule has 0 bridgehead atoms. The molecular weight excluding hydrogens is 596 g/mol. The summed E-state index contributed by atoms with van der Waals surface area (Å²) in [7, 11) is 1.52. The smallest absolute Gasteiger partial charge is 0.342 e. The van der Waals surface area contributed by atoms with Crippen LogP contribution in [-0.4, -0.2) is 74.7 Å². The molecule has 0 amide bonds. The fraction of sp³-hybridized carbons (Fsp3) is 0.486. The highest BCUT2D eigenvalue weighted by atomic mass is 32.2. The second-order valence-corrected chi connectivity index (χ2v) is 12.5. The maximum atomic E-state index is 13.7. The van der Waals surface area contributed by atoms with Crippen molar-refractivity contribution in [3.8, 4) is 11.5 Å². The van der Waals surface area contributed by atoms with Crippen LogP contribution in [0.15, 0.2) is 60.7 Å². The maximum absolute atomic E-state index is 13.7. The van der Waals surface area contributed by atoms with E-state index in [4.69, 9.17) is 33.2 Å². The summed E-state index contributed by atoms with van der Waals surface area (Å²) >= 11 is 1.75. The molecule has 0 aromatic heterocycles. The van der Waals surface area contributed by atoms with Crippen LogP contribution in [0.4, 0.5) is 0 Å². The van der Waals surface area contributed by atoms with Gasteiger partial charge >= 0.3 is 11.9 Å². The molecular formula is C35H44O9S. The number of carbonyl (C=O) groups excluding carboxylic acids is 2. The summed E-state index contributed by atoms with van der Waals surface area (Å²) in [5.41, 5.74) is 1.28. The molecule has 1 fully saturated rings. The lowest BCUT2D eigenvalue weighted by Crippen LogP contribution is -2.37. The number of esters is 2. The number of fused-ring (bicyclic) bond motifs is 2. The highest BCUT2D eigenvalue weighted by Gasteiger charge is 2.45. The van der Waals surface area contributed by atoms with Crippen molar-refractivity contribution in [2.45, 2.75) is 70.7 Å². The van der Waals surface area contributed by atoms with E-state index in [1.807, 2.05) is 58.1 Å². The molecule has 2 aromatic carbocycles. The molecule has 0 saturated carbocycles. The number of hydrogen-bond donors (Lipinski definition) is 0. The van der Waals surface area contributed by atoms with Gasteiger partial charge in [-0.3, -0.25) is 0 Å². The van der Waals surface area contributed by atoms with Gasteiger partial charge in [-0.05, 0) is 75.5 Å². The van der Waals surface area contributed by atoms with Gasteiger partial charge in [0, 0.05) is 19.1 Å². The lowest BCUT2D eigenvalue weighted by Gasteiger charge is -2.25. The van der Waals surface area contributed by atoms with Crippen LogP contribution in [0.5, 0.6) is 11.5 Å². The van der Waals surface area contributed by atoms with E-state index in [2.05, 4.69) is 6.26 Å². The van der Waals surface area contributed by atoms with Crippen molar-refractivity contribution in [2.24, 2.45) is 5.92 Å². The average Bonchev–Trinajstić information content (AvgIpc) is 3.33. The third-order valence-corrected chi connectivity index (χ3v) is 8.20. The number of rotatable bonds is 10. The Morgan fingerprint density at radius 3 is 2.58 bits per heavy atom. The maximum Gasteiger partial charge on any atom is 0.342 e. The molecule has 2 heterocycles. The van der Waals surface area contributed by atoms with Crippen molar-refractivity contribution in [2.75, 3.05) is 32.5 Å². The number of hydrogen-bond acceptors (Lipinski definition) is 10. The van der Waals surface area contributed by atoms with Gasteiger partial charge in [0.1, 0.15) is 35.4 Å². The van der Waals surface area contributed by atoms with E-state index in [1.165, 1.54) is 7.11 Å². The lowest BCUT2D eigenvalue weighted by molar-refractivity contribution is -0.152. The largest absolute Gasteiger partial charge is 0.493 e. The molecule has 0 spiro atoms. The second-order valence-electron chi connectivity index (χ2n) is 11.5. The van der Waals surface area contributed by atoms with E-state index in [1.54, 1.807) is 48.2 Å². The molecule has 0 aliphatic carbocycles. The summed E-state index contributed by atoms with van der Waals surface area (Å²) in [4.78, 5) is 26.8. The highest BCUT2D eigenvalue weighted by molar-refractivity contribution is 7.98. The van der Waals surface area contributed by atoms with Crippen molar-refractivity contribution in [3.63, 3.8) is 0 Å². The predicted molar refractivity (Wildman–Crippen MR) is 174 cm³/mol. The minimum atomic E-state index is -0.906. The zero-order valence-electron chi connectivity index (χ0n) is 26.9. The van der Waals surface area contributed by atoms with E-state index in [0.717, 1.165) is 12.2 Å². The average molecular weight is 641 g/mol. The molecule has 2 aliphatic rings. The fourth-order valence-electron chi connectivity index (χ4n) is 5.08. The third-order valence-electron chi connectivity index (χ3n) is 7.51. The summed E-state index contributed by atoms with van der Waals surface area (Å²) in [6, 6.07) is 12.3. The number of ether oxygens (including phenoxy) is 7. The first-order valence-corrected chi connectivity index (χ1v) is 16.6. The van der Waals surface area contributed by atoms with Gasteiger partial charge in [0.25, 0.3) is 0 Å². The van der Waals surface area contributed by atoms with Crippen molar-refractivity contribution in [3.05, 3.63) is 77.4 Å². The summed E-state index contributed by atoms with van der Waals surface area (Å²) in [5.74, 6) is -0.302. The van der Waals surface area contributed by atoms with E-state index < -0.39 is 42.1 Å². The van der Waals surface area contributed by atoms with Gasteiger partial charge in [-0.15, -0.1) is 0 Å². The van der Waals surface area contributed by atoms with Crippen LogP contribution in [-0.2, 0) is 23.7 Å². The van der Waals surface area contributed by atoms with Crippen LogP contribution in [0.3, 0.4) is 0 Å². The Balaban J connectivity index is 1.72. The third kappa shape index (κ3) is 9.59. The first-order chi connectivity index (χ1) is 21.6. The minimum absolute atomic E-state index is 0.0544. The van der Waals surface area contributed by atoms with Crippen LogP contribution in [0, 0.1) is 5.92 Å². The zero-order chi connectivity index (χ0) is 32.4. The Labute approximate surface area is 270 Å². The lowest BCUT2D eigenvalue weighted by atomic mass is 9.98. The number of carbonyl (C=O) groups is 2. The molecule has 244 valence electrons. The van der Waals surface area contributed by atoms with Gasteiger partial charge in [0.15, 0.2) is 12.6 Å². The van der Waals surface area contributed by atoms with Crippen molar-refractivity contribution in [1.29, 1.82) is 0 Å². The molecule has 2 aromatic rings. The minimum Gasteiger partial charge on any atom is -0.493 e. The fourth-order valence-corrected chi connectivity index (χ4v) is 5.49. The summed E-state index contributed by atoms with van der Waals surface area (Å²) in [5, 5.41) is 0. The van der Waals surface area contributed by atoms with Gasteiger partial charge < -0.3 is 33.2 Å². The SMILES string of the molecule is COCOc1cc(OCCCSC)cc2c1C(=O)O[C@@H](C)[C@H](C)/C=C\C(OC(=O)c1ccccc1)[C@H]1OC(C)(C)O[C@H]1C/C=C/2. The van der Waals surface area contributed by atoms with Crippen LogP contribution in [0.1, 0.15) is 66.8 Å². The molecule has 4 rings (SSSR count). The van der Waals surface area contributed by atoms with E-state index >= 15 is 0 Å². The quantitative estimate of drug-likeness (QED) is 0.121. The number of thioether (sulfide) groups is 1. The van der Waals surface area contributed by atoms with Crippen molar-refractivity contribution >= 4 is 29.8 Å². The number of methoxy groups -OCH3 is 1. The summed E-state index contributed by atoms with van der Waals surface area (Å²) < 4.78 is 41.7. The van der Waals surface area contributed by atoms with Crippen molar-refractivity contribution < 1.29 is 42.7 Å². The molecule has 1 saturated heterocycles. The Hall–Kier alpha value is -3.31. The summed E-state index contributed by atoms with van der Waals surface area (Å²) in [6.45, 7) is 7.89. The van der Waals surface area contributed by atoms with Gasteiger partial charge in [0.05, 0.1) is 18.3 Å². The van der Waals surface area contributed by atoms with E-state index in [-0.39, 0.29) is 18.3 Å². The molecule has 0 radical (unpaired) electrons. The highest BCUT2D eigenvalue weighted by Crippen LogP contribution is 2.36. The van der Waals surface area contributed by atoms with Gasteiger partial charge in [-0.25, -0.2) is 9.59 Å². The van der Waals surface area contributed by atoms with Crippen LogP contribution in [0.25, 0.3) is 6.08 Å². The topological polar surface area (TPSA) is 98.8 Å². The van der Waals surface area contributed by atoms with Crippen LogP contribution >= 0.6 is 11.8 Å². The number of benzene rings is 2. The zero-order valence-corrected chi connectivity index (χ0v) is 27.7. The Morgan fingerprint density at radius 2 is 1.84 bits per heavy atom. The summed E-state index contributed by atoms with van der Waals surface area (Å²) in [6.07, 6.45) is 8.44. The predicted octanol–water partition coefficient (Wildman–Crippen LogP) is 6.70. The van der Waals surface area contributed by atoms with Crippen molar-refractivity contribution in [1.82, 2.24) is 0 Å². The molecule has 2 aliphatic heterocycles. The number of cyclic esters (lactones) is 1. The first-order valence-electron chi connectivity index (χ1n) is 15.2. The molecule has 1 unspecified atom stereocenters. The monoisotopic (exact) mass is 640 g/mol. The van der Waals surface area contributed by atoms with E-state index in [9.17, 15) is 9.59 Å². The van der Waals surface area contributed by atoms with E-state index in [0.29, 0.717) is 35.7 Å². The molecule has 45 heavy (non-hydrogen) atoms. The van der Waals surface area contributed by atoms with Gasteiger partial charge in [-0.2, -0.15) is 11.8 Å². The van der Waals surface area contributed by atoms with Gasteiger partial charge in [-0.1, -0.05) is 43.4 Å². The Kier molecular flexibility index (Phi) is 12.5. The standard InChI is InChI=1S/C35H44O9S/c1-23-16-17-28(42-33(36)25-12-8-7-9-13-25)32-29(43-35(3,4)44-32)15-10-14-26-20-27(39-18-11-19-45-6)21-30(40-22-38-5)31(26)34(37)41-24(23)2/h7-10,12-14,16-17,20-21,23-24,28-29,32H,11,15,18-19,22H2,1-6H3/b14-10+,17-16-/t23-,24+,28?,29+,32-/m1/s1.